The number of nitrogens with zero attached hydrogens (tertiary/aromatic N) is 1. The van der Waals surface area contributed by atoms with Crippen LogP contribution in [0.2, 0.25) is 0 Å². The van der Waals surface area contributed by atoms with Gasteiger partial charge < -0.3 is 14.8 Å². The van der Waals surface area contributed by atoms with Crippen molar-refractivity contribution in [2.45, 2.75) is 20.3 Å². The third-order valence-corrected chi connectivity index (χ3v) is 5.94. The van der Waals surface area contributed by atoms with Crippen molar-refractivity contribution in [3.63, 3.8) is 0 Å². The normalized spacial score (nSPS) is 13.5. The molecule has 34 heavy (non-hydrogen) atoms. The molecule has 2 amide bonds. The number of nitrogens with one attached hydrogen (secondary N) is 1. The number of benzene rings is 3. The fourth-order valence-electron chi connectivity index (χ4n) is 4.12. The number of hydrogen-bond acceptors (Lipinski definition) is 5. The van der Waals surface area contributed by atoms with Gasteiger partial charge in [0.25, 0.3) is 11.8 Å². The van der Waals surface area contributed by atoms with Crippen LogP contribution in [0.15, 0.2) is 72.4 Å². The average Bonchev–Trinajstić information content (AvgIpc) is 3.07. The molecule has 174 valence electrons. The van der Waals surface area contributed by atoms with Crippen LogP contribution in [-0.4, -0.2) is 37.5 Å². The fourth-order valence-corrected chi connectivity index (χ4v) is 4.12. The first-order valence-corrected chi connectivity index (χ1v) is 11.1. The Morgan fingerprint density at radius 3 is 2.24 bits per heavy atom. The van der Waals surface area contributed by atoms with Crippen molar-refractivity contribution in [2.75, 3.05) is 26.1 Å². The minimum atomic E-state index is -0.337. The Labute approximate surface area is 199 Å². The molecule has 6 heteroatoms. The van der Waals surface area contributed by atoms with Gasteiger partial charge >= 0.3 is 0 Å². The summed E-state index contributed by atoms with van der Waals surface area (Å²) in [7, 11) is 3.21. The highest BCUT2D eigenvalue weighted by atomic mass is 16.5. The average molecular weight is 457 g/mol. The lowest BCUT2D eigenvalue weighted by atomic mass is 9.97. The van der Waals surface area contributed by atoms with E-state index in [0.29, 0.717) is 23.4 Å². The zero-order chi connectivity index (χ0) is 24.2. The maximum Gasteiger partial charge on any atom is 0.278 e. The number of amides is 2. The molecule has 0 unspecified atom stereocenters. The van der Waals surface area contributed by atoms with Gasteiger partial charge in [0, 0.05) is 18.3 Å². The van der Waals surface area contributed by atoms with E-state index in [-0.39, 0.29) is 24.1 Å². The molecule has 1 aliphatic rings. The Hall–Kier alpha value is -4.06. The molecule has 0 radical (unpaired) electrons. The number of carbonyl (C=O) groups is 2. The molecule has 0 spiro atoms. The van der Waals surface area contributed by atoms with Gasteiger partial charge in [-0.05, 0) is 61.2 Å². The van der Waals surface area contributed by atoms with Crippen LogP contribution >= 0.6 is 0 Å². The molecule has 1 aliphatic heterocycles. The number of anilines is 1. The van der Waals surface area contributed by atoms with Crippen LogP contribution in [0.5, 0.6) is 11.5 Å². The smallest absolute Gasteiger partial charge is 0.278 e. The van der Waals surface area contributed by atoms with E-state index in [1.165, 1.54) is 4.90 Å². The highest BCUT2D eigenvalue weighted by Gasteiger charge is 2.39. The van der Waals surface area contributed by atoms with Crippen molar-refractivity contribution >= 4 is 23.1 Å². The first-order valence-electron chi connectivity index (χ1n) is 11.1. The molecule has 0 aromatic heterocycles. The first-order chi connectivity index (χ1) is 16.4. The van der Waals surface area contributed by atoms with Crippen molar-refractivity contribution in [1.82, 2.24) is 4.90 Å². The van der Waals surface area contributed by atoms with Crippen LogP contribution in [0, 0.1) is 13.8 Å². The van der Waals surface area contributed by atoms with Crippen molar-refractivity contribution in [3.05, 3.63) is 94.7 Å². The van der Waals surface area contributed by atoms with E-state index in [4.69, 9.17) is 9.47 Å². The molecule has 3 aromatic carbocycles. The van der Waals surface area contributed by atoms with Gasteiger partial charge in [-0.3, -0.25) is 14.5 Å². The second-order valence-electron chi connectivity index (χ2n) is 8.29. The zero-order valence-electron chi connectivity index (χ0n) is 19.8. The molecule has 6 nitrogen and oxygen atoms in total. The number of ether oxygens (including phenoxy) is 2. The summed E-state index contributed by atoms with van der Waals surface area (Å²) in [4.78, 5) is 28.4. The van der Waals surface area contributed by atoms with Crippen molar-refractivity contribution in [2.24, 2.45) is 0 Å². The van der Waals surface area contributed by atoms with Crippen LogP contribution < -0.4 is 14.8 Å². The predicted molar refractivity (Wildman–Crippen MR) is 133 cm³/mol. The van der Waals surface area contributed by atoms with Crippen molar-refractivity contribution in [1.29, 1.82) is 0 Å². The largest absolute Gasteiger partial charge is 0.497 e. The topological polar surface area (TPSA) is 67.9 Å². The molecule has 1 N–H and O–H groups in total. The van der Waals surface area contributed by atoms with Gasteiger partial charge in [-0.1, -0.05) is 42.0 Å². The Balaban J connectivity index is 1.67. The molecule has 0 fully saturated rings. The van der Waals surface area contributed by atoms with Crippen molar-refractivity contribution < 1.29 is 19.1 Å². The SMILES string of the molecule is COc1ccc(CCN2C(=O)C(Nc3cccc(OC)c3)=C(c3ccc(C)cc3C)C2=O)cc1. The summed E-state index contributed by atoms with van der Waals surface area (Å²) >= 11 is 0. The number of aryl methyl sites for hydroxylation is 2. The van der Waals surface area contributed by atoms with E-state index in [9.17, 15) is 9.59 Å². The molecule has 0 bridgehead atoms. The standard InChI is InChI=1S/C28H28N2O4/c1-18-8-13-24(19(2)16-18)25-26(29-21-6-5-7-23(17-21)34-4)28(32)30(27(25)31)15-14-20-9-11-22(33-3)12-10-20/h5-13,16-17,29H,14-15H2,1-4H3. The van der Waals surface area contributed by atoms with Crippen LogP contribution in [0.1, 0.15) is 22.3 Å². The number of imide groups is 1. The lowest BCUT2D eigenvalue weighted by molar-refractivity contribution is -0.136. The molecule has 0 aliphatic carbocycles. The zero-order valence-corrected chi connectivity index (χ0v) is 19.8. The van der Waals surface area contributed by atoms with Gasteiger partial charge in [0.05, 0.1) is 19.8 Å². The van der Waals surface area contributed by atoms with Gasteiger partial charge in [0.1, 0.15) is 17.2 Å². The van der Waals surface area contributed by atoms with E-state index in [1.807, 2.05) is 74.5 Å². The number of hydrogen-bond donors (Lipinski definition) is 1. The molecular formula is C28H28N2O4. The third-order valence-electron chi connectivity index (χ3n) is 5.94. The maximum absolute atomic E-state index is 13.6. The van der Waals surface area contributed by atoms with E-state index >= 15 is 0 Å². The lowest BCUT2D eigenvalue weighted by Gasteiger charge is -2.16. The van der Waals surface area contributed by atoms with Crippen LogP contribution in [-0.2, 0) is 16.0 Å². The van der Waals surface area contributed by atoms with E-state index in [0.717, 1.165) is 28.0 Å². The van der Waals surface area contributed by atoms with Gasteiger partial charge in [0.2, 0.25) is 0 Å². The number of rotatable bonds is 8. The monoisotopic (exact) mass is 456 g/mol. The number of carbonyl (C=O) groups excluding carboxylic acids is 2. The Kier molecular flexibility index (Phi) is 6.68. The molecular weight excluding hydrogens is 428 g/mol. The second-order valence-corrected chi connectivity index (χ2v) is 8.29. The van der Waals surface area contributed by atoms with Crippen molar-refractivity contribution in [3.8, 4) is 11.5 Å². The van der Waals surface area contributed by atoms with E-state index < -0.39 is 0 Å². The van der Waals surface area contributed by atoms with Crippen LogP contribution in [0.25, 0.3) is 5.57 Å². The quantitative estimate of drug-likeness (QED) is 0.495. The molecule has 3 aromatic rings. The number of methoxy groups -OCH3 is 2. The highest BCUT2D eigenvalue weighted by molar-refractivity contribution is 6.36. The second kappa shape index (κ2) is 9.83. The summed E-state index contributed by atoms with van der Waals surface area (Å²) in [5, 5.41) is 3.20. The summed E-state index contributed by atoms with van der Waals surface area (Å²) in [5.41, 5.74) is 5.15. The van der Waals surface area contributed by atoms with Gasteiger partial charge in [-0.25, -0.2) is 0 Å². The van der Waals surface area contributed by atoms with E-state index in [1.54, 1.807) is 20.3 Å². The minimum Gasteiger partial charge on any atom is -0.497 e. The van der Waals surface area contributed by atoms with E-state index in [2.05, 4.69) is 5.32 Å². The van der Waals surface area contributed by atoms with Gasteiger partial charge in [-0.15, -0.1) is 0 Å². The third kappa shape index (κ3) is 4.66. The maximum atomic E-state index is 13.6. The Bertz CT molecular complexity index is 1260. The van der Waals surface area contributed by atoms with Crippen LogP contribution in [0.3, 0.4) is 0 Å². The molecule has 1 heterocycles. The minimum absolute atomic E-state index is 0.278. The summed E-state index contributed by atoms with van der Waals surface area (Å²) in [6.45, 7) is 4.24. The highest BCUT2D eigenvalue weighted by Crippen LogP contribution is 2.33. The lowest BCUT2D eigenvalue weighted by Crippen LogP contribution is -2.34. The first kappa shape index (κ1) is 23.1. The molecule has 0 saturated carbocycles. The Morgan fingerprint density at radius 2 is 1.56 bits per heavy atom. The fraction of sp³-hybridized carbons (Fsp3) is 0.214. The molecule has 0 atom stereocenters. The summed E-state index contributed by atoms with van der Waals surface area (Å²) in [6.07, 6.45) is 0.550. The Morgan fingerprint density at radius 1 is 0.824 bits per heavy atom. The molecule has 4 rings (SSSR count). The summed E-state index contributed by atoms with van der Waals surface area (Å²) in [5.74, 6) is 0.791. The molecule has 0 saturated heterocycles. The predicted octanol–water partition coefficient (Wildman–Crippen LogP) is 4.76. The summed E-state index contributed by atoms with van der Waals surface area (Å²) in [6, 6.07) is 20.8. The summed E-state index contributed by atoms with van der Waals surface area (Å²) < 4.78 is 10.5. The van der Waals surface area contributed by atoms with Gasteiger partial charge in [0.15, 0.2) is 0 Å². The van der Waals surface area contributed by atoms with Gasteiger partial charge in [-0.2, -0.15) is 0 Å². The van der Waals surface area contributed by atoms with Crippen LogP contribution in [0.4, 0.5) is 5.69 Å².